The molecule has 3 rings (SSSR count). The van der Waals surface area contributed by atoms with Gasteiger partial charge in [-0.05, 0) is 49.7 Å². The number of fused-ring (bicyclic) bond motifs is 1. The van der Waals surface area contributed by atoms with E-state index >= 15 is 0 Å². The lowest BCUT2D eigenvalue weighted by Gasteiger charge is -2.34. The average molecular weight is 254 g/mol. The fraction of sp³-hybridized carbons (Fsp3) is 0.500. The molecule has 2 aliphatic rings. The van der Waals surface area contributed by atoms with Gasteiger partial charge in [-0.2, -0.15) is 0 Å². The molecular weight excluding hydrogens is 232 g/mol. The number of hydrogen-bond acceptors (Lipinski definition) is 1. The Morgan fingerprint density at radius 3 is 2.53 bits per heavy atom. The Labute approximate surface area is 115 Å². The van der Waals surface area contributed by atoms with Crippen LogP contribution >= 0.6 is 0 Å². The monoisotopic (exact) mass is 254 g/mol. The van der Waals surface area contributed by atoms with Crippen molar-refractivity contribution in [3.63, 3.8) is 0 Å². The summed E-state index contributed by atoms with van der Waals surface area (Å²) in [5.74, 6) is 1.41. The molecular formula is C18H22O. The fourth-order valence-corrected chi connectivity index (χ4v) is 4.57. The molecule has 1 fully saturated rings. The van der Waals surface area contributed by atoms with E-state index in [1.165, 1.54) is 30.4 Å². The molecule has 0 aliphatic heterocycles. The third kappa shape index (κ3) is 1.64. The summed E-state index contributed by atoms with van der Waals surface area (Å²) < 4.78 is 0. The van der Waals surface area contributed by atoms with Crippen molar-refractivity contribution in [3.8, 4) is 0 Å². The van der Waals surface area contributed by atoms with Crippen LogP contribution in [-0.4, -0.2) is 5.78 Å². The van der Waals surface area contributed by atoms with E-state index in [9.17, 15) is 4.79 Å². The van der Waals surface area contributed by atoms with Crippen LogP contribution in [-0.2, 0) is 10.2 Å². The van der Waals surface area contributed by atoms with Gasteiger partial charge in [-0.3, -0.25) is 4.79 Å². The van der Waals surface area contributed by atoms with Crippen LogP contribution in [0.2, 0.25) is 0 Å². The predicted octanol–water partition coefficient (Wildman–Crippen LogP) is 4.28. The number of hydrogen-bond donors (Lipinski definition) is 0. The van der Waals surface area contributed by atoms with Crippen LogP contribution in [0.25, 0.3) is 0 Å². The van der Waals surface area contributed by atoms with Crippen molar-refractivity contribution < 1.29 is 4.79 Å². The smallest absolute Gasteiger partial charge is 0.156 e. The Morgan fingerprint density at radius 2 is 1.89 bits per heavy atom. The molecule has 0 heterocycles. The van der Waals surface area contributed by atoms with E-state index in [1.807, 2.05) is 0 Å². The van der Waals surface area contributed by atoms with E-state index in [4.69, 9.17) is 0 Å². The SMILES string of the molecule is CC(=O)C1=C(C)[C@@](C)(c2ccccc2)[C@H]2CCC[C@@H]12. The van der Waals surface area contributed by atoms with E-state index in [0.717, 1.165) is 5.57 Å². The molecule has 1 aromatic carbocycles. The van der Waals surface area contributed by atoms with Crippen molar-refractivity contribution in [2.75, 3.05) is 0 Å². The molecule has 0 saturated heterocycles. The highest BCUT2D eigenvalue weighted by atomic mass is 16.1. The molecule has 1 aromatic rings. The number of carbonyl (C=O) groups is 1. The molecule has 0 aromatic heterocycles. The second-order valence-electron chi connectivity index (χ2n) is 6.31. The van der Waals surface area contributed by atoms with Gasteiger partial charge < -0.3 is 0 Å². The van der Waals surface area contributed by atoms with Gasteiger partial charge >= 0.3 is 0 Å². The highest BCUT2D eigenvalue weighted by molar-refractivity contribution is 5.96. The molecule has 19 heavy (non-hydrogen) atoms. The minimum Gasteiger partial charge on any atom is -0.295 e. The zero-order chi connectivity index (χ0) is 13.6. The standard InChI is InChI=1S/C18H22O/c1-12-17(13(2)19)15-10-7-11-16(15)18(12,3)14-8-5-4-6-9-14/h4-6,8-9,15-16H,7,10-11H2,1-3H3/t15-,16+,18+/m1/s1. The Hall–Kier alpha value is -1.37. The van der Waals surface area contributed by atoms with E-state index in [2.05, 4.69) is 44.2 Å². The first-order chi connectivity index (χ1) is 9.06. The van der Waals surface area contributed by atoms with Gasteiger partial charge in [0.2, 0.25) is 0 Å². The van der Waals surface area contributed by atoms with Crippen molar-refractivity contribution in [2.24, 2.45) is 11.8 Å². The highest BCUT2D eigenvalue weighted by Crippen LogP contribution is 2.58. The molecule has 1 saturated carbocycles. The molecule has 0 bridgehead atoms. The zero-order valence-corrected chi connectivity index (χ0v) is 12.1. The first-order valence-corrected chi connectivity index (χ1v) is 7.34. The largest absolute Gasteiger partial charge is 0.295 e. The van der Waals surface area contributed by atoms with Crippen LogP contribution in [0.1, 0.15) is 45.6 Å². The van der Waals surface area contributed by atoms with Gasteiger partial charge in [-0.25, -0.2) is 0 Å². The van der Waals surface area contributed by atoms with Gasteiger partial charge in [0.15, 0.2) is 5.78 Å². The number of ketones is 1. The van der Waals surface area contributed by atoms with Crippen LogP contribution in [0.15, 0.2) is 41.5 Å². The van der Waals surface area contributed by atoms with Gasteiger partial charge in [0.05, 0.1) is 0 Å². The number of benzene rings is 1. The summed E-state index contributed by atoms with van der Waals surface area (Å²) in [7, 11) is 0. The summed E-state index contributed by atoms with van der Waals surface area (Å²) in [6.45, 7) is 6.27. The molecule has 0 amide bonds. The summed E-state index contributed by atoms with van der Waals surface area (Å²) in [4.78, 5) is 12.1. The van der Waals surface area contributed by atoms with Crippen molar-refractivity contribution >= 4 is 5.78 Å². The van der Waals surface area contributed by atoms with Gasteiger partial charge in [0, 0.05) is 5.41 Å². The molecule has 100 valence electrons. The molecule has 0 N–H and O–H groups in total. The summed E-state index contributed by atoms with van der Waals surface area (Å²) in [6, 6.07) is 10.7. The quantitative estimate of drug-likeness (QED) is 0.770. The molecule has 1 nitrogen and oxygen atoms in total. The Kier molecular flexibility index (Phi) is 2.88. The predicted molar refractivity (Wildman–Crippen MR) is 78.0 cm³/mol. The zero-order valence-electron chi connectivity index (χ0n) is 12.1. The number of Topliss-reactive ketones (excluding diaryl/α,β-unsaturated/α-hetero) is 1. The molecule has 0 spiro atoms. The number of rotatable bonds is 2. The van der Waals surface area contributed by atoms with E-state index in [0.29, 0.717) is 11.8 Å². The molecule has 0 unspecified atom stereocenters. The first-order valence-electron chi connectivity index (χ1n) is 7.34. The summed E-state index contributed by atoms with van der Waals surface area (Å²) >= 11 is 0. The molecule has 1 heteroatoms. The van der Waals surface area contributed by atoms with E-state index in [1.54, 1.807) is 6.92 Å². The maximum absolute atomic E-state index is 12.1. The van der Waals surface area contributed by atoms with E-state index in [-0.39, 0.29) is 11.2 Å². The number of allylic oxidation sites excluding steroid dienone is 2. The maximum atomic E-state index is 12.1. The fourth-order valence-electron chi connectivity index (χ4n) is 4.57. The second-order valence-corrected chi connectivity index (χ2v) is 6.31. The van der Waals surface area contributed by atoms with Gasteiger partial charge in [0.1, 0.15) is 0 Å². The summed E-state index contributed by atoms with van der Waals surface area (Å²) in [6.07, 6.45) is 3.71. The maximum Gasteiger partial charge on any atom is 0.156 e. The average Bonchev–Trinajstić information content (AvgIpc) is 2.94. The Bertz CT molecular complexity index is 540. The second kappa shape index (κ2) is 4.33. The third-order valence-electron chi connectivity index (χ3n) is 5.56. The summed E-state index contributed by atoms with van der Waals surface area (Å²) in [5.41, 5.74) is 3.89. The lowest BCUT2D eigenvalue weighted by molar-refractivity contribution is -0.114. The van der Waals surface area contributed by atoms with Crippen molar-refractivity contribution in [1.82, 2.24) is 0 Å². The number of carbonyl (C=O) groups excluding carboxylic acids is 1. The lowest BCUT2D eigenvalue weighted by atomic mass is 9.69. The normalized spacial score (nSPS) is 33.6. The Balaban J connectivity index is 2.17. The summed E-state index contributed by atoms with van der Waals surface area (Å²) in [5, 5.41) is 0. The minimum atomic E-state index is 0.0590. The van der Waals surface area contributed by atoms with Crippen molar-refractivity contribution in [3.05, 3.63) is 47.0 Å². The first kappa shape index (κ1) is 12.7. The molecule has 2 aliphatic carbocycles. The molecule has 3 atom stereocenters. The molecule has 0 radical (unpaired) electrons. The Morgan fingerprint density at radius 1 is 1.21 bits per heavy atom. The van der Waals surface area contributed by atoms with Crippen molar-refractivity contribution in [1.29, 1.82) is 0 Å². The van der Waals surface area contributed by atoms with Gasteiger partial charge in [-0.15, -0.1) is 0 Å². The van der Waals surface area contributed by atoms with Crippen LogP contribution in [0.5, 0.6) is 0 Å². The van der Waals surface area contributed by atoms with Gasteiger partial charge in [-0.1, -0.05) is 49.2 Å². The van der Waals surface area contributed by atoms with Crippen LogP contribution in [0.3, 0.4) is 0 Å². The highest BCUT2D eigenvalue weighted by Gasteiger charge is 2.52. The third-order valence-corrected chi connectivity index (χ3v) is 5.56. The minimum absolute atomic E-state index is 0.0590. The van der Waals surface area contributed by atoms with Gasteiger partial charge in [0.25, 0.3) is 0 Å². The van der Waals surface area contributed by atoms with Crippen LogP contribution < -0.4 is 0 Å². The topological polar surface area (TPSA) is 17.1 Å². The van der Waals surface area contributed by atoms with E-state index < -0.39 is 0 Å². The van der Waals surface area contributed by atoms with Crippen LogP contribution in [0.4, 0.5) is 0 Å². The lowest BCUT2D eigenvalue weighted by Crippen LogP contribution is -2.30. The van der Waals surface area contributed by atoms with Crippen LogP contribution in [0, 0.1) is 11.8 Å². The van der Waals surface area contributed by atoms with Crippen molar-refractivity contribution in [2.45, 2.75) is 45.4 Å².